The number of ether oxygens (including phenoxy) is 2. The second-order valence-corrected chi connectivity index (χ2v) is 8.11. The predicted molar refractivity (Wildman–Crippen MR) is 134 cm³/mol. The fourth-order valence-corrected chi connectivity index (χ4v) is 4.05. The molecular weight excluding hydrogens is 428 g/mol. The van der Waals surface area contributed by atoms with Gasteiger partial charge in [0.05, 0.1) is 24.5 Å². The molecule has 0 unspecified atom stereocenters. The molecule has 2 aromatic carbocycles. The van der Waals surface area contributed by atoms with Gasteiger partial charge < -0.3 is 19.7 Å². The summed E-state index contributed by atoms with van der Waals surface area (Å²) in [5.41, 5.74) is 1.88. The van der Waals surface area contributed by atoms with Crippen molar-refractivity contribution in [2.75, 3.05) is 56.7 Å². The van der Waals surface area contributed by atoms with E-state index >= 15 is 0 Å². The number of nitrogens with one attached hydrogen (secondary N) is 1. The topological polar surface area (TPSA) is 75.6 Å². The van der Waals surface area contributed by atoms with Crippen molar-refractivity contribution in [1.82, 2.24) is 19.9 Å². The zero-order chi connectivity index (χ0) is 23.2. The molecule has 8 nitrogen and oxygen atoms in total. The lowest BCUT2D eigenvalue weighted by Crippen LogP contribution is -2.48. The Bertz CT molecular complexity index is 1240. The van der Waals surface area contributed by atoms with Gasteiger partial charge in [-0.05, 0) is 30.3 Å². The normalized spacial score (nSPS) is 14.2. The first-order valence-electron chi connectivity index (χ1n) is 11.5. The minimum Gasteiger partial charge on any atom is -0.493 e. The van der Waals surface area contributed by atoms with Crippen molar-refractivity contribution in [3.63, 3.8) is 0 Å². The Hall–Kier alpha value is -3.91. The number of rotatable bonds is 8. The molecule has 5 rings (SSSR count). The van der Waals surface area contributed by atoms with Gasteiger partial charge in [0.25, 0.3) is 0 Å². The molecule has 8 heteroatoms. The third-order valence-corrected chi connectivity index (χ3v) is 5.90. The maximum absolute atomic E-state index is 5.92. The number of nitrogens with zero attached hydrogens (tertiary/aromatic N) is 5. The molecule has 1 fully saturated rings. The van der Waals surface area contributed by atoms with Gasteiger partial charge in [-0.25, -0.2) is 4.98 Å². The van der Waals surface area contributed by atoms with E-state index in [4.69, 9.17) is 14.5 Å². The van der Waals surface area contributed by atoms with Gasteiger partial charge in [0.1, 0.15) is 12.4 Å². The maximum Gasteiger partial charge on any atom is 0.227 e. The van der Waals surface area contributed by atoms with Crippen molar-refractivity contribution in [1.29, 1.82) is 0 Å². The smallest absolute Gasteiger partial charge is 0.227 e. The Kier molecular flexibility index (Phi) is 6.67. The molecule has 1 aliphatic heterocycles. The molecule has 0 aliphatic carbocycles. The lowest BCUT2D eigenvalue weighted by atomic mass is 10.2. The number of piperazine rings is 1. The van der Waals surface area contributed by atoms with Gasteiger partial charge in [-0.3, -0.25) is 9.88 Å². The van der Waals surface area contributed by atoms with Gasteiger partial charge in [0.15, 0.2) is 11.5 Å². The van der Waals surface area contributed by atoms with Gasteiger partial charge in [0.2, 0.25) is 5.95 Å². The second kappa shape index (κ2) is 10.4. The summed E-state index contributed by atoms with van der Waals surface area (Å²) < 4.78 is 11.3. The summed E-state index contributed by atoms with van der Waals surface area (Å²) in [7, 11) is 1.66. The highest BCUT2D eigenvalue weighted by molar-refractivity contribution is 5.82. The van der Waals surface area contributed by atoms with Crippen LogP contribution >= 0.6 is 0 Å². The number of hydrogen-bond acceptors (Lipinski definition) is 8. The van der Waals surface area contributed by atoms with Gasteiger partial charge in [-0.2, -0.15) is 4.98 Å². The molecule has 4 aromatic rings. The van der Waals surface area contributed by atoms with Crippen molar-refractivity contribution in [3.8, 4) is 11.5 Å². The average Bonchev–Trinajstić information content (AvgIpc) is 2.89. The van der Waals surface area contributed by atoms with E-state index in [0.29, 0.717) is 6.61 Å². The molecule has 1 aliphatic rings. The van der Waals surface area contributed by atoms with Crippen molar-refractivity contribution in [3.05, 3.63) is 73.1 Å². The quantitative estimate of drug-likeness (QED) is 0.427. The molecule has 2 aromatic heterocycles. The molecule has 0 radical (unpaired) electrons. The number of methoxy groups -OCH3 is 1. The minimum atomic E-state index is 0.621. The number of benzene rings is 2. The highest BCUT2D eigenvalue weighted by Crippen LogP contribution is 2.26. The van der Waals surface area contributed by atoms with E-state index in [2.05, 4.69) is 37.2 Å². The highest BCUT2D eigenvalue weighted by atomic mass is 16.5. The van der Waals surface area contributed by atoms with E-state index in [9.17, 15) is 0 Å². The molecule has 34 heavy (non-hydrogen) atoms. The fraction of sp³-hybridized carbons (Fsp3) is 0.269. The summed E-state index contributed by atoms with van der Waals surface area (Å²) in [4.78, 5) is 18.4. The zero-order valence-corrected chi connectivity index (χ0v) is 19.2. The number of aromatic nitrogens is 3. The second-order valence-electron chi connectivity index (χ2n) is 8.11. The molecule has 0 spiro atoms. The van der Waals surface area contributed by atoms with E-state index in [1.54, 1.807) is 13.3 Å². The number of anilines is 3. The van der Waals surface area contributed by atoms with Gasteiger partial charge >= 0.3 is 0 Å². The summed E-state index contributed by atoms with van der Waals surface area (Å²) >= 11 is 0. The molecule has 0 amide bonds. The van der Waals surface area contributed by atoms with E-state index in [1.807, 2.05) is 54.7 Å². The summed E-state index contributed by atoms with van der Waals surface area (Å²) in [5.74, 6) is 3.04. The van der Waals surface area contributed by atoms with Crippen molar-refractivity contribution >= 4 is 28.4 Å². The monoisotopic (exact) mass is 456 g/mol. The lowest BCUT2D eigenvalue weighted by Gasteiger charge is -2.34. The minimum absolute atomic E-state index is 0.621. The van der Waals surface area contributed by atoms with Crippen LogP contribution in [-0.2, 0) is 0 Å². The van der Waals surface area contributed by atoms with Crippen molar-refractivity contribution < 1.29 is 9.47 Å². The summed E-state index contributed by atoms with van der Waals surface area (Å²) in [5, 5.41) is 4.45. The third kappa shape index (κ3) is 5.18. The Balaban J connectivity index is 1.14. The number of fused-ring (bicyclic) bond motifs is 1. The molecular formula is C26H28N6O2. The Morgan fingerprint density at radius 2 is 1.71 bits per heavy atom. The van der Waals surface area contributed by atoms with E-state index in [0.717, 1.165) is 72.6 Å². The van der Waals surface area contributed by atoms with Crippen LogP contribution in [0.15, 0.2) is 73.1 Å². The van der Waals surface area contributed by atoms with Crippen LogP contribution in [0.3, 0.4) is 0 Å². The number of para-hydroxylation sites is 3. The largest absolute Gasteiger partial charge is 0.493 e. The molecule has 3 heterocycles. The lowest BCUT2D eigenvalue weighted by molar-refractivity contribution is 0.196. The number of pyridine rings is 1. The van der Waals surface area contributed by atoms with Crippen LogP contribution < -0.4 is 19.7 Å². The van der Waals surface area contributed by atoms with Crippen molar-refractivity contribution in [2.24, 2.45) is 0 Å². The molecule has 0 saturated carbocycles. The standard InChI is InChI=1S/C26H28N6O2/c1-33-23-8-4-5-9-24(23)34-17-16-31-12-14-32(15-13-31)26-27-11-10-25(30-26)29-21-18-20-6-2-3-7-22(20)28-19-21/h2-11,18-19H,12-17H2,1H3,(H,27,29,30). The molecule has 174 valence electrons. The van der Waals surface area contributed by atoms with Crippen LogP contribution in [-0.4, -0.2) is 66.3 Å². The Morgan fingerprint density at radius 3 is 2.56 bits per heavy atom. The maximum atomic E-state index is 5.92. The predicted octanol–water partition coefficient (Wildman–Crippen LogP) is 3.98. The van der Waals surface area contributed by atoms with Crippen LogP contribution in [0.1, 0.15) is 0 Å². The van der Waals surface area contributed by atoms with E-state index in [-0.39, 0.29) is 0 Å². The van der Waals surface area contributed by atoms with Crippen LogP contribution in [0.5, 0.6) is 11.5 Å². The number of hydrogen-bond donors (Lipinski definition) is 1. The average molecular weight is 457 g/mol. The summed E-state index contributed by atoms with van der Waals surface area (Å²) in [6, 6.07) is 19.8. The Labute approximate surface area is 199 Å². The molecule has 0 atom stereocenters. The first kappa shape index (κ1) is 21.9. The van der Waals surface area contributed by atoms with Crippen LogP contribution in [0.4, 0.5) is 17.5 Å². The summed E-state index contributed by atoms with van der Waals surface area (Å²) in [6.07, 6.45) is 3.63. The van der Waals surface area contributed by atoms with Crippen LogP contribution in [0.2, 0.25) is 0 Å². The van der Waals surface area contributed by atoms with E-state index < -0.39 is 0 Å². The van der Waals surface area contributed by atoms with Gasteiger partial charge in [0, 0.05) is 44.3 Å². The first-order valence-corrected chi connectivity index (χ1v) is 11.5. The van der Waals surface area contributed by atoms with E-state index in [1.165, 1.54) is 0 Å². The molecule has 0 bridgehead atoms. The van der Waals surface area contributed by atoms with Crippen LogP contribution in [0.25, 0.3) is 10.9 Å². The van der Waals surface area contributed by atoms with Crippen molar-refractivity contribution in [2.45, 2.75) is 0 Å². The fourth-order valence-electron chi connectivity index (χ4n) is 4.05. The van der Waals surface area contributed by atoms with Gasteiger partial charge in [-0.1, -0.05) is 30.3 Å². The third-order valence-electron chi connectivity index (χ3n) is 5.90. The summed E-state index contributed by atoms with van der Waals surface area (Å²) in [6.45, 7) is 5.10. The zero-order valence-electron chi connectivity index (χ0n) is 19.2. The van der Waals surface area contributed by atoms with Crippen LogP contribution in [0, 0.1) is 0 Å². The Morgan fingerprint density at radius 1 is 0.912 bits per heavy atom. The highest BCUT2D eigenvalue weighted by Gasteiger charge is 2.19. The molecule has 1 N–H and O–H groups in total. The molecule has 1 saturated heterocycles. The van der Waals surface area contributed by atoms with Gasteiger partial charge in [-0.15, -0.1) is 0 Å². The first-order chi connectivity index (χ1) is 16.8. The SMILES string of the molecule is COc1ccccc1OCCN1CCN(c2nccc(Nc3cnc4ccccc4c3)n2)CC1.